The van der Waals surface area contributed by atoms with Crippen molar-refractivity contribution in [3.63, 3.8) is 0 Å². The van der Waals surface area contributed by atoms with E-state index < -0.39 is 0 Å². The first-order chi connectivity index (χ1) is 11.6. The lowest BCUT2D eigenvalue weighted by Crippen LogP contribution is -2.21. The highest BCUT2D eigenvalue weighted by Crippen LogP contribution is 2.17. The van der Waals surface area contributed by atoms with E-state index in [-0.39, 0.29) is 18.2 Å². The van der Waals surface area contributed by atoms with Crippen LogP contribution in [0.2, 0.25) is 0 Å². The van der Waals surface area contributed by atoms with Gasteiger partial charge in [-0.1, -0.05) is 0 Å². The van der Waals surface area contributed by atoms with Crippen LogP contribution >= 0.6 is 0 Å². The number of hydrogen-bond donors (Lipinski definition) is 2. The average Bonchev–Trinajstić information content (AvgIpc) is 2.57. The predicted octanol–water partition coefficient (Wildman–Crippen LogP) is 3.06. The van der Waals surface area contributed by atoms with Gasteiger partial charge in [0, 0.05) is 11.4 Å². The summed E-state index contributed by atoms with van der Waals surface area (Å²) in [5.74, 6) is 0.655. The number of amides is 2. The third kappa shape index (κ3) is 5.31. The molecule has 0 bridgehead atoms. The van der Waals surface area contributed by atoms with E-state index in [1.165, 1.54) is 0 Å². The number of methoxy groups -OCH3 is 1. The maximum absolute atomic E-state index is 11.9. The van der Waals surface area contributed by atoms with Crippen molar-refractivity contribution in [1.29, 1.82) is 0 Å². The van der Waals surface area contributed by atoms with Gasteiger partial charge >= 0.3 is 0 Å². The molecule has 0 atom stereocenters. The molecule has 0 aliphatic rings. The second-order valence-electron chi connectivity index (χ2n) is 4.96. The lowest BCUT2D eigenvalue weighted by atomic mass is 10.2. The normalized spacial score (nSPS) is 9.92. The van der Waals surface area contributed by atoms with Gasteiger partial charge in [-0.3, -0.25) is 9.59 Å². The van der Waals surface area contributed by atoms with Crippen molar-refractivity contribution in [3.05, 3.63) is 48.5 Å². The summed E-state index contributed by atoms with van der Waals surface area (Å²) in [6.07, 6.45) is -0.265. The largest absolute Gasteiger partial charge is 0.497 e. The van der Waals surface area contributed by atoms with E-state index in [0.717, 1.165) is 5.75 Å². The topological polar surface area (TPSA) is 76.7 Å². The summed E-state index contributed by atoms with van der Waals surface area (Å²) in [4.78, 5) is 23.8. The van der Waals surface area contributed by atoms with E-state index in [1.807, 2.05) is 6.92 Å². The van der Waals surface area contributed by atoms with Crippen LogP contribution in [0, 0.1) is 0 Å². The van der Waals surface area contributed by atoms with Crippen LogP contribution in [-0.4, -0.2) is 25.5 Å². The number of hydrogen-bond acceptors (Lipinski definition) is 4. The molecule has 0 heterocycles. The molecule has 0 fully saturated rings. The van der Waals surface area contributed by atoms with Gasteiger partial charge in [-0.05, 0) is 55.5 Å². The van der Waals surface area contributed by atoms with Gasteiger partial charge in [0.2, 0.25) is 11.8 Å². The zero-order valence-electron chi connectivity index (χ0n) is 13.7. The SMILES string of the molecule is CCOc1ccc(NC(=O)CC(=O)Nc2ccc(OC)cc2)cc1. The van der Waals surface area contributed by atoms with E-state index >= 15 is 0 Å². The Labute approximate surface area is 140 Å². The molecule has 0 saturated carbocycles. The Hall–Kier alpha value is -3.02. The van der Waals surface area contributed by atoms with Crippen LogP contribution in [0.1, 0.15) is 13.3 Å². The summed E-state index contributed by atoms with van der Waals surface area (Å²) in [6, 6.07) is 13.9. The van der Waals surface area contributed by atoms with Crippen molar-refractivity contribution in [1.82, 2.24) is 0 Å². The van der Waals surface area contributed by atoms with Crippen molar-refractivity contribution in [2.24, 2.45) is 0 Å². The Kier molecular flexibility index (Phi) is 6.19. The average molecular weight is 328 g/mol. The number of nitrogens with one attached hydrogen (secondary N) is 2. The van der Waals surface area contributed by atoms with Gasteiger partial charge in [0.25, 0.3) is 0 Å². The Morgan fingerprint density at radius 3 is 1.71 bits per heavy atom. The molecular weight excluding hydrogens is 308 g/mol. The van der Waals surface area contributed by atoms with E-state index in [9.17, 15) is 9.59 Å². The van der Waals surface area contributed by atoms with Crippen LogP contribution in [0.5, 0.6) is 11.5 Å². The highest BCUT2D eigenvalue weighted by Gasteiger charge is 2.10. The molecule has 24 heavy (non-hydrogen) atoms. The molecule has 6 heteroatoms. The monoisotopic (exact) mass is 328 g/mol. The predicted molar refractivity (Wildman–Crippen MR) is 92.5 cm³/mol. The minimum absolute atomic E-state index is 0.265. The summed E-state index contributed by atoms with van der Waals surface area (Å²) in [7, 11) is 1.57. The lowest BCUT2D eigenvalue weighted by molar-refractivity contribution is -0.123. The zero-order valence-corrected chi connectivity index (χ0v) is 13.7. The highest BCUT2D eigenvalue weighted by atomic mass is 16.5. The number of carbonyl (C=O) groups excluding carboxylic acids is 2. The molecule has 0 aliphatic carbocycles. The molecule has 2 aromatic rings. The minimum atomic E-state index is -0.386. The third-order valence-corrected chi connectivity index (χ3v) is 3.14. The molecule has 0 aromatic heterocycles. The van der Waals surface area contributed by atoms with Crippen molar-refractivity contribution >= 4 is 23.2 Å². The molecule has 126 valence electrons. The van der Waals surface area contributed by atoms with E-state index in [4.69, 9.17) is 9.47 Å². The first-order valence-electron chi connectivity index (χ1n) is 7.57. The summed E-state index contributed by atoms with van der Waals surface area (Å²) in [6.45, 7) is 2.48. The highest BCUT2D eigenvalue weighted by molar-refractivity contribution is 6.08. The molecule has 0 aliphatic heterocycles. The molecule has 0 saturated heterocycles. The second kappa shape index (κ2) is 8.57. The van der Waals surface area contributed by atoms with Crippen LogP contribution in [0.25, 0.3) is 0 Å². The van der Waals surface area contributed by atoms with E-state index in [1.54, 1.807) is 55.6 Å². The molecule has 6 nitrogen and oxygen atoms in total. The van der Waals surface area contributed by atoms with E-state index in [0.29, 0.717) is 23.7 Å². The standard InChI is InChI=1S/C18H20N2O4/c1-3-24-16-10-6-14(7-11-16)20-18(22)12-17(21)19-13-4-8-15(23-2)9-5-13/h4-11H,3,12H2,1-2H3,(H,19,21)(H,20,22). The molecule has 0 radical (unpaired) electrons. The van der Waals surface area contributed by atoms with Gasteiger partial charge in [-0.15, -0.1) is 0 Å². The number of ether oxygens (including phenoxy) is 2. The Morgan fingerprint density at radius 1 is 0.833 bits per heavy atom. The quantitative estimate of drug-likeness (QED) is 0.766. The molecular formula is C18H20N2O4. The van der Waals surface area contributed by atoms with Gasteiger partial charge in [-0.25, -0.2) is 0 Å². The maximum atomic E-state index is 11.9. The third-order valence-electron chi connectivity index (χ3n) is 3.14. The fourth-order valence-electron chi connectivity index (χ4n) is 2.03. The number of carbonyl (C=O) groups is 2. The number of anilines is 2. The van der Waals surface area contributed by atoms with E-state index in [2.05, 4.69) is 10.6 Å². The Bertz CT molecular complexity index is 681. The van der Waals surface area contributed by atoms with Gasteiger partial charge < -0.3 is 20.1 Å². The van der Waals surface area contributed by atoms with Gasteiger partial charge in [0.15, 0.2) is 0 Å². The Balaban J connectivity index is 1.83. The second-order valence-corrected chi connectivity index (χ2v) is 4.96. The Morgan fingerprint density at radius 2 is 1.29 bits per heavy atom. The van der Waals surface area contributed by atoms with Crippen molar-refractivity contribution < 1.29 is 19.1 Å². The van der Waals surface area contributed by atoms with Crippen LogP contribution in [0.4, 0.5) is 11.4 Å². The zero-order chi connectivity index (χ0) is 17.4. The molecule has 2 rings (SSSR count). The first kappa shape index (κ1) is 17.3. The van der Waals surface area contributed by atoms with Crippen molar-refractivity contribution in [2.75, 3.05) is 24.4 Å². The number of rotatable bonds is 7. The molecule has 2 N–H and O–H groups in total. The first-order valence-corrected chi connectivity index (χ1v) is 7.57. The maximum Gasteiger partial charge on any atom is 0.233 e. The summed E-state index contributed by atoms with van der Waals surface area (Å²) < 4.78 is 10.4. The fraction of sp³-hybridized carbons (Fsp3) is 0.222. The van der Waals surface area contributed by atoms with Crippen molar-refractivity contribution in [2.45, 2.75) is 13.3 Å². The smallest absolute Gasteiger partial charge is 0.233 e. The van der Waals surface area contributed by atoms with Crippen molar-refractivity contribution in [3.8, 4) is 11.5 Å². The summed E-state index contributed by atoms with van der Waals surface area (Å²) in [5, 5.41) is 5.33. The van der Waals surface area contributed by atoms with Gasteiger partial charge in [-0.2, -0.15) is 0 Å². The van der Waals surface area contributed by atoms with Crippen LogP contribution in [0.3, 0.4) is 0 Å². The molecule has 2 amide bonds. The molecule has 2 aromatic carbocycles. The number of benzene rings is 2. The lowest BCUT2D eigenvalue weighted by Gasteiger charge is -2.08. The summed E-state index contributed by atoms with van der Waals surface area (Å²) in [5.41, 5.74) is 1.22. The molecule has 0 spiro atoms. The minimum Gasteiger partial charge on any atom is -0.497 e. The van der Waals surface area contributed by atoms with Gasteiger partial charge in [0.05, 0.1) is 13.7 Å². The van der Waals surface area contributed by atoms with Gasteiger partial charge in [0.1, 0.15) is 17.9 Å². The van der Waals surface area contributed by atoms with Crippen LogP contribution in [-0.2, 0) is 9.59 Å². The van der Waals surface area contributed by atoms with Crippen LogP contribution < -0.4 is 20.1 Å². The van der Waals surface area contributed by atoms with Crippen LogP contribution in [0.15, 0.2) is 48.5 Å². The molecule has 0 unspecified atom stereocenters. The summed E-state index contributed by atoms with van der Waals surface area (Å²) >= 11 is 0. The fourth-order valence-corrected chi connectivity index (χ4v) is 2.03.